The fourth-order valence-corrected chi connectivity index (χ4v) is 3.15. The molecule has 1 aliphatic rings. The summed E-state index contributed by atoms with van der Waals surface area (Å²) in [5.41, 5.74) is 0.880. The molecule has 0 aliphatic carbocycles. The van der Waals surface area contributed by atoms with Crippen LogP contribution in [0.25, 0.3) is 21.5 Å². The van der Waals surface area contributed by atoms with Crippen molar-refractivity contribution in [1.82, 2.24) is 0 Å². The first-order chi connectivity index (χ1) is 10.7. The second-order valence-corrected chi connectivity index (χ2v) is 5.14. The van der Waals surface area contributed by atoms with Gasteiger partial charge in [-0.1, -0.05) is 24.3 Å². The molecule has 0 atom stereocenters. The number of carbonyl (C=O) groups is 1. The number of carbonyl (C=O) groups excluding carboxylic acids is 1. The molecule has 1 heterocycles. The summed E-state index contributed by atoms with van der Waals surface area (Å²) in [5, 5.41) is 14.1. The zero-order valence-electron chi connectivity index (χ0n) is 12.1. The first kappa shape index (κ1) is 12.9. The predicted molar refractivity (Wildman–Crippen MR) is 83.2 cm³/mol. The predicted octanol–water partition coefficient (Wildman–Crippen LogP) is 3.36. The molecule has 3 aromatic carbocycles. The molecule has 0 bridgehead atoms. The van der Waals surface area contributed by atoms with Crippen LogP contribution < -0.4 is 14.5 Å². The lowest BCUT2D eigenvalue weighted by atomic mass is 9.97. The minimum absolute atomic E-state index is 0.413. The van der Waals surface area contributed by atoms with Crippen LogP contribution in [0.4, 0.5) is 5.69 Å². The van der Waals surface area contributed by atoms with E-state index in [0.717, 1.165) is 16.2 Å². The van der Waals surface area contributed by atoms with Crippen molar-refractivity contribution in [3.8, 4) is 11.5 Å². The monoisotopic (exact) mass is 295 g/mol. The lowest BCUT2D eigenvalue weighted by Gasteiger charge is -2.14. The average Bonchev–Trinajstić information content (AvgIpc) is 2.80. The number of amides is 1. The highest BCUT2D eigenvalue weighted by molar-refractivity contribution is 6.30. The fraction of sp³-hybridized carbons (Fsp3) is 0.118. The lowest BCUT2D eigenvalue weighted by molar-refractivity contribution is 0.0866. The van der Waals surface area contributed by atoms with E-state index in [9.17, 15) is 10.0 Å². The Morgan fingerprint density at radius 2 is 1.82 bits per heavy atom. The normalized spacial score (nSPS) is 13.2. The molecule has 1 aliphatic heterocycles. The number of fused-ring (bicyclic) bond motifs is 2. The minimum Gasteiger partial charge on any atom is -0.493 e. The number of hydrogen-bond acceptors (Lipinski definition) is 4. The Balaban J connectivity index is 2.33. The molecule has 5 heteroatoms. The van der Waals surface area contributed by atoms with E-state index in [1.165, 1.54) is 7.11 Å². The van der Waals surface area contributed by atoms with Gasteiger partial charge in [0.2, 0.25) is 0 Å². The smallest absolute Gasteiger partial charge is 0.282 e. The number of anilines is 1. The van der Waals surface area contributed by atoms with Gasteiger partial charge in [-0.05, 0) is 22.9 Å². The van der Waals surface area contributed by atoms with Crippen LogP contribution in [0.1, 0.15) is 10.4 Å². The summed E-state index contributed by atoms with van der Waals surface area (Å²) in [4.78, 5) is 12.3. The van der Waals surface area contributed by atoms with Gasteiger partial charge in [0.1, 0.15) is 0 Å². The highest BCUT2D eigenvalue weighted by Gasteiger charge is 2.33. The van der Waals surface area contributed by atoms with Gasteiger partial charge in [0.15, 0.2) is 11.5 Å². The first-order valence-corrected chi connectivity index (χ1v) is 6.81. The maximum Gasteiger partial charge on any atom is 0.282 e. The van der Waals surface area contributed by atoms with Gasteiger partial charge >= 0.3 is 0 Å². The molecule has 5 nitrogen and oxygen atoms in total. The molecular formula is C17H13NO4. The number of rotatable bonds is 2. The van der Waals surface area contributed by atoms with E-state index in [-0.39, 0.29) is 0 Å². The molecule has 0 saturated heterocycles. The fourth-order valence-electron chi connectivity index (χ4n) is 3.15. The number of nitrogens with zero attached hydrogens (tertiary/aromatic N) is 1. The molecule has 0 radical (unpaired) electrons. The van der Waals surface area contributed by atoms with Gasteiger partial charge in [-0.15, -0.1) is 0 Å². The number of benzene rings is 3. The zero-order chi connectivity index (χ0) is 15.4. The Hall–Kier alpha value is -2.79. The van der Waals surface area contributed by atoms with Crippen molar-refractivity contribution < 1.29 is 19.5 Å². The maximum absolute atomic E-state index is 12.3. The van der Waals surface area contributed by atoms with E-state index < -0.39 is 5.91 Å². The van der Waals surface area contributed by atoms with Crippen LogP contribution in [-0.2, 0) is 0 Å². The lowest BCUT2D eigenvalue weighted by Crippen LogP contribution is -2.21. The number of hydrogen-bond donors (Lipinski definition) is 1. The van der Waals surface area contributed by atoms with Crippen LogP contribution in [0, 0.1) is 0 Å². The number of ether oxygens (including phenoxy) is 2. The molecule has 110 valence electrons. The standard InChI is InChI=1S/C17H13NO4/c1-21-13-8-11-14-12(18(20)17(11)19)7-9-5-3-4-6-10(9)15(14)16(13)22-2/h3-8,20H,1-2H3. The van der Waals surface area contributed by atoms with Crippen LogP contribution in [0.15, 0.2) is 36.4 Å². The third kappa shape index (κ3) is 1.43. The third-order valence-electron chi connectivity index (χ3n) is 4.10. The number of hydroxylamine groups is 1. The average molecular weight is 295 g/mol. The molecule has 0 saturated carbocycles. The van der Waals surface area contributed by atoms with Gasteiger partial charge in [0, 0.05) is 10.8 Å². The SMILES string of the molecule is COc1cc2c3c(cc4ccccc4c3c1OC)N(O)C2=O. The molecular weight excluding hydrogens is 282 g/mol. The van der Waals surface area contributed by atoms with Crippen molar-refractivity contribution in [1.29, 1.82) is 0 Å². The van der Waals surface area contributed by atoms with Crippen LogP contribution in [0.2, 0.25) is 0 Å². The van der Waals surface area contributed by atoms with E-state index in [4.69, 9.17) is 9.47 Å². The molecule has 1 amide bonds. The Kier molecular flexibility index (Phi) is 2.55. The Bertz CT molecular complexity index is 948. The van der Waals surface area contributed by atoms with Crippen LogP contribution in [-0.4, -0.2) is 25.3 Å². The largest absolute Gasteiger partial charge is 0.493 e. The quantitative estimate of drug-likeness (QED) is 0.582. The van der Waals surface area contributed by atoms with Crippen molar-refractivity contribution in [2.45, 2.75) is 0 Å². The molecule has 0 fully saturated rings. The summed E-state index contributed by atoms with van der Waals surface area (Å²) in [6, 6.07) is 11.1. The summed E-state index contributed by atoms with van der Waals surface area (Å²) in [6.07, 6.45) is 0. The van der Waals surface area contributed by atoms with E-state index >= 15 is 0 Å². The Labute approximate surface area is 126 Å². The zero-order valence-corrected chi connectivity index (χ0v) is 12.1. The van der Waals surface area contributed by atoms with Crippen molar-refractivity contribution in [2.75, 3.05) is 19.3 Å². The molecule has 3 aromatic rings. The van der Waals surface area contributed by atoms with E-state index in [1.807, 2.05) is 24.3 Å². The van der Waals surface area contributed by atoms with Crippen LogP contribution in [0.5, 0.6) is 11.5 Å². The molecule has 4 rings (SSSR count). The summed E-state index contributed by atoms with van der Waals surface area (Å²) >= 11 is 0. The van der Waals surface area contributed by atoms with Crippen molar-refractivity contribution in [3.05, 3.63) is 42.0 Å². The molecule has 0 aromatic heterocycles. The van der Waals surface area contributed by atoms with E-state index in [1.54, 1.807) is 19.2 Å². The molecule has 1 N–H and O–H groups in total. The second-order valence-electron chi connectivity index (χ2n) is 5.14. The summed E-state index contributed by atoms with van der Waals surface area (Å²) < 4.78 is 10.9. The van der Waals surface area contributed by atoms with Gasteiger partial charge in [0.05, 0.1) is 25.5 Å². The van der Waals surface area contributed by atoms with E-state index in [2.05, 4.69) is 0 Å². The minimum atomic E-state index is -0.462. The van der Waals surface area contributed by atoms with Gasteiger partial charge in [0.25, 0.3) is 5.91 Å². The van der Waals surface area contributed by atoms with Crippen molar-refractivity contribution in [3.63, 3.8) is 0 Å². The highest BCUT2D eigenvalue weighted by atomic mass is 16.5. The maximum atomic E-state index is 12.3. The highest BCUT2D eigenvalue weighted by Crippen LogP contribution is 2.48. The first-order valence-electron chi connectivity index (χ1n) is 6.81. The van der Waals surface area contributed by atoms with Gasteiger partial charge in [-0.3, -0.25) is 10.0 Å². The third-order valence-corrected chi connectivity index (χ3v) is 4.10. The Morgan fingerprint density at radius 1 is 1.05 bits per heavy atom. The Morgan fingerprint density at radius 3 is 2.55 bits per heavy atom. The molecule has 0 unspecified atom stereocenters. The molecule has 22 heavy (non-hydrogen) atoms. The molecule has 0 spiro atoms. The van der Waals surface area contributed by atoms with Gasteiger partial charge in [-0.25, -0.2) is 0 Å². The summed E-state index contributed by atoms with van der Waals surface area (Å²) in [6.45, 7) is 0. The van der Waals surface area contributed by atoms with Crippen molar-refractivity contribution in [2.24, 2.45) is 0 Å². The second kappa shape index (κ2) is 4.35. The number of methoxy groups -OCH3 is 2. The van der Waals surface area contributed by atoms with Crippen LogP contribution >= 0.6 is 0 Å². The van der Waals surface area contributed by atoms with Gasteiger partial charge in [-0.2, -0.15) is 5.06 Å². The van der Waals surface area contributed by atoms with E-state index in [0.29, 0.717) is 33.2 Å². The topological polar surface area (TPSA) is 59.0 Å². The summed E-state index contributed by atoms with van der Waals surface area (Å²) in [7, 11) is 3.09. The summed E-state index contributed by atoms with van der Waals surface area (Å²) in [5.74, 6) is 0.564. The van der Waals surface area contributed by atoms with Gasteiger partial charge < -0.3 is 9.47 Å². The van der Waals surface area contributed by atoms with Crippen molar-refractivity contribution >= 4 is 33.1 Å². The van der Waals surface area contributed by atoms with Crippen LogP contribution in [0.3, 0.4) is 0 Å².